The standard InChI is InChI=1S/C12H13Cl2F2NO3S/c1-12(2,3)5-17-11(18)6-4-7(15)9(16)10(8(6)13)21(14,19)20/h4H,5H2,1-3H3,(H,17,18). The first-order valence-corrected chi connectivity index (χ1v) is 8.43. The van der Waals surface area contributed by atoms with Gasteiger partial charge < -0.3 is 5.32 Å². The average molecular weight is 360 g/mol. The normalized spacial score (nSPS) is 12.3. The van der Waals surface area contributed by atoms with Crippen LogP contribution in [0.15, 0.2) is 11.0 Å². The maximum Gasteiger partial charge on any atom is 0.265 e. The van der Waals surface area contributed by atoms with Crippen LogP contribution in [0.25, 0.3) is 0 Å². The van der Waals surface area contributed by atoms with Gasteiger partial charge in [-0.05, 0) is 11.5 Å². The monoisotopic (exact) mass is 359 g/mol. The van der Waals surface area contributed by atoms with Crippen LogP contribution in [0, 0.1) is 17.0 Å². The van der Waals surface area contributed by atoms with Crippen molar-refractivity contribution in [3.8, 4) is 0 Å². The van der Waals surface area contributed by atoms with Crippen LogP contribution in [0.5, 0.6) is 0 Å². The third kappa shape index (κ3) is 4.52. The van der Waals surface area contributed by atoms with Gasteiger partial charge >= 0.3 is 0 Å². The maximum absolute atomic E-state index is 13.5. The van der Waals surface area contributed by atoms with E-state index in [2.05, 4.69) is 5.32 Å². The molecule has 0 aromatic heterocycles. The number of halogens is 4. The van der Waals surface area contributed by atoms with Crippen molar-refractivity contribution in [1.29, 1.82) is 0 Å². The van der Waals surface area contributed by atoms with Crippen molar-refractivity contribution >= 4 is 37.2 Å². The van der Waals surface area contributed by atoms with Crippen LogP contribution in [-0.2, 0) is 9.05 Å². The van der Waals surface area contributed by atoms with Crippen LogP contribution in [0.1, 0.15) is 31.1 Å². The first-order valence-electron chi connectivity index (χ1n) is 5.75. The van der Waals surface area contributed by atoms with Gasteiger partial charge in [-0.1, -0.05) is 32.4 Å². The van der Waals surface area contributed by atoms with Gasteiger partial charge in [-0.25, -0.2) is 17.2 Å². The fourth-order valence-corrected chi connectivity index (χ4v) is 3.12. The van der Waals surface area contributed by atoms with Gasteiger partial charge in [-0.15, -0.1) is 0 Å². The van der Waals surface area contributed by atoms with Crippen molar-refractivity contribution in [3.05, 3.63) is 28.3 Å². The molecule has 9 heteroatoms. The highest BCUT2D eigenvalue weighted by Crippen LogP contribution is 2.32. The summed E-state index contributed by atoms with van der Waals surface area (Å²) in [6.07, 6.45) is 0. The summed E-state index contributed by atoms with van der Waals surface area (Å²) in [5.41, 5.74) is -0.763. The minimum atomic E-state index is -4.64. The van der Waals surface area contributed by atoms with Crippen LogP contribution in [0.4, 0.5) is 8.78 Å². The van der Waals surface area contributed by atoms with Crippen molar-refractivity contribution in [1.82, 2.24) is 5.32 Å². The van der Waals surface area contributed by atoms with Crippen LogP contribution in [0.3, 0.4) is 0 Å². The summed E-state index contributed by atoms with van der Waals surface area (Å²) in [7, 11) is 0.376. The van der Waals surface area contributed by atoms with Gasteiger partial charge in [-0.2, -0.15) is 0 Å². The Morgan fingerprint density at radius 2 is 1.86 bits per heavy atom. The lowest BCUT2D eigenvalue weighted by Crippen LogP contribution is -2.32. The van der Waals surface area contributed by atoms with E-state index in [1.165, 1.54) is 0 Å². The molecule has 0 radical (unpaired) electrons. The summed E-state index contributed by atoms with van der Waals surface area (Å²) in [5.74, 6) is -4.07. The number of carbonyl (C=O) groups is 1. The lowest BCUT2D eigenvalue weighted by molar-refractivity contribution is 0.0938. The summed E-state index contributed by atoms with van der Waals surface area (Å²) >= 11 is 5.68. The van der Waals surface area contributed by atoms with E-state index < -0.39 is 42.1 Å². The Morgan fingerprint density at radius 3 is 2.29 bits per heavy atom. The molecule has 1 N–H and O–H groups in total. The van der Waals surface area contributed by atoms with Crippen molar-refractivity contribution in [2.24, 2.45) is 5.41 Å². The van der Waals surface area contributed by atoms with Crippen LogP contribution >= 0.6 is 22.3 Å². The molecule has 1 amide bonds. The molecule has 0 fully saturated rings. The lowest BCUT2D eigenvalue weighted by Gasteiger charge is -2.19. The molecule has 118 valence electrons. The first-order chi connectivity index (χ1) is 9.34. The van der Waals surface area contributed by atoms with E-state index in [-0.39, 0.29) is 12.0 Å². The van der Waals surface area contributed by atoms with Crippen molar-refractivity contribution in [2.75, 3.05) is 6.54 Å². The second kappa shape index (κ2) is 6.06. The molecule has 0 aliphatic carbocycles. The van der Waals surface area contributed by atoms with E-state index in [1.54, 1.807) is 0 Å². The van der Waals surface area contributed by atoms with Gasteiger partial charge in [0.1, 0.15) is 4.90 Å². The highest BCUT2D eigenvalue weighted by molar-refractivity contribution is 8.13. The van der Waals surface area contributed by atoms with Crippen molar-refractivity contribution < 1.29 is 22.0 Å². The van der Waals surface area contributed by atoms with E-state index in [0.717, 1.165) is 0 Å². The van der Waals surface area contributed by atoms with E-state index in [0.29, 0.717) is 6.07 Å². The lowest BCUT2D eigenvalue weighted by atomic mass is 9.97. The first kappa shape index (κ1) is 18.1. The van der Waals surface area contributed by atoms with Crippen LogP contribution in [0.2, 0.25) is 5.02 Å². The second-order valence-corrected chi connectivity index (χ2v) is 8.42. The van der Waals surface area contributed by atoms with E-state index in [4.69, 9.17) is 22.3 Å². The Bertz CT molecular complexity index is 685. The fraction of sp³-hybridized carbons (Fsp3) is 0.417. The molecule has 0 saturated carbocycles. The smallest absolute Gasteiger partial charge is 0.265 e. The highest BCUT2D eigenvalue weighted by atomic mass is 35.7. The molecule has 0 atom stereocenters. The minimum Gasteiger partial charge on any atom is -0.351 e. The van der Waals surface area contributed by atoms with Gasteiger partial charge in [0, 0.05) is 17.2 Å². The topological polar surface area (TPSA) is 63.2 Å². The zero-order valence-electron chi connectivity index (χ0n) is 11.4. The number of carbonyl (C=O) groups excluding carboxylic acids is 1. The largest absolute Gasteiger partial charge is 0.351 e. The number of hydrogen-bond donors (Lipinski definition) is 1. The van der Waals surface area contributed by atoms with Gasteiger partial charge in [0.2, 0.25) is 0 Å². The summed E-state index contributed by atoms with van der Waals surface area (Å²) in [4.78, 5) is 10.7. The summed E-state index contributed by atoms with van der Waals surface area (Å²) in [6, 6.07) is 0.529. The third-order valence-corrected chi connectivity index (χ3v) is 4.22. The van der Waals surface area contributed by atoms with Gasteiger partial charge in [0.25, 0.3) is 15.0 Å². The molecule has 21 heavy (non-hydrogen) atoms. The zero-order chi connectivity index (χ0) is 16.6. The zero-order valence-corrected chi connectivity index (χ0v) is 13.8. The number of amides is 1. The molecule has 0 bridgehead atoms. The van der Waals surface area contributed by atoms with Crippen molar-refractivity contribution in [3.63, 3.8) is 0 Å². The van der Waals surface area contributed by atoms with E-state index in [9.17, 15) is 22.0 Å². The minimum absolute atomic E-state index is 0.226. The highest BCUT2D eigenvalue weighted by Gasteiger charge is 2.29. The van der Waals surface area contributed by atoms with Crippen LogP contribution in [-0.4, -0.2) is 20.9 Å². The third-order valence-electron chi connectivity index (χ3n) is 2.38. The summed E-state index contributed by atoms with van der Waals surface area (Å²) in [6.45, 7) is 5.75. The maximum atomic E-state index is 13.5. The molecule has 1 aromatic rings. The van der Waals surface area contributed by atoms with Gasteiger partial charge in [-0.3, -0.25) is 4.79 Å². The Balaban J connectivity index is 3.33. The molecule has 4 nitrogen and oxygen atoms in total. The Labute approximate surface area is 130 Å². The summed E-state index contributed by atoms with van der Waals surface area (Å²) < 4.78 is 49.5. The molecule has 1 aromatic carbocycles. The van der Waals surface area contributed by atoms with Crippen LogP contribution < -0.4 is 5.32 Å². The number of rotatable bonds is 3. The molecular weight excluding hydrogens is 347 g/mol. The van der Waals surface area contributed by atoms with E-state index in [1.807, 2.05) is 20.8 Å². The van der Waals surface area contributed by atoms with Gasteiger partial charge in [0.15, 0.2) is 11.6 Å². The SMILES string of the molecule is CC(C)(C)CNC(=O)c1cc(F)c(F)c(S(=O)(=O)Cl)c1Cl. The number of nitrogens with one attached hydrogen (secondary N) is 1. The molecule has 1 rings (SSSR count). The Hall–Kier alpha value is -0.920. The molecular formula is C12H13Cl2F2NO3S. The summed E-state index contributed by atoms with van der Waals surface area (Å²) in [5, 5.41) is 1.70. The Morgan fingerprint density at radius 1 is 1.33 bits per heavy atom. The quantitative estimate of drug-likeness (QED) is 0.664. The molecule has 0 unspecified atom stereocenters. The van der Waals surface area contributed by atoms with E-state index >= 15 is 0 Å². The molecule has 0 aliphatic rings. The predicted molar refractivity (Wildman–Crippen MR) is 76.2 cm³/mol. The van der Waals surface area contributed by atoms with Gasteiger partial charge in [0.05, 0.1) is 10.6 Å². The fourth-order valence-electron chi connectivity index (χ4n) is 1.40. The second-order valence-electron chi connectivity index (χ2n) is 5.54. The molecule has 0 saturated heterocycles. The number of benzene rings is 1. The predicted octanol–water partition coefficient (Wildman–Crippen LogP) is 3.32. The average Bonchev–Trinajstić information content (AvgIpc) is 2.28. The Kier molecular flexibility index (Phi) is 5.23. The van der Waals surface area contributed by atoms with Crippen molar-refractivity contribution in [2.45, 2.75) is 25.7 Å². The molecule has 0 heterocycles. The molecule has 0 spiro atoms. The number of hydrogen-bond acceptors (Lipinski definition) is 3. The molecule has 0 aliphatic heterocycles.